The molecular weight excluding hydrogens is 231 g/mol. The average Bonchev–Trinajstić information content (AvgIpc) is 2.37. The van der Waals surface area contributed by atoms with Gasteiger partial charge in [0, 0.05) is 37.5 Å². The lowest BCUT2D eigenvalue weighted by Crippen LogP contribution is -2.26. The molecular formula is C14H23FN2O. The molecule has 0 aliphatic heterocycles. The van der Waals surface area contributed by atoms with Crippen molar-refractivity contribution in [3.8, 4) is 0 Å². The molecule has 0 aromatic heterocycles. The normalized spacial score (nSPS) is 12.5. The van der Waals surface area contributed by atoms with E-state index in [-0.39, 0.29) is 11.9 Å². The lowest BCUT2D eigenvalue weighted by molar-refractivity contribution is 0.154. The molecule has 0 radical (unpaired) electrons. The van der Waals surface area contributed by atoms with Crippen LogP contribution in [0.5, 0.6) is 0 Å². The smallest absolute Gasteiger partial charge is 0.130 e. The second-order valence-corrected chi connectivity index (χ2v) is 4.30. The fourth-order valence-corrected chi connectivity index (χ4v) is 1.90. The van der Waals surface area contributed by atoms with Gasteiger partial charge in [0.1, 0.15) is 5.82 Å². The van der Waals surface area contributed by atoms with Gasteiger partial charge in [0.05, 0.1) is 6.61 Å². The molecule has 1 aromatic rings. The molecule has 0 fully saturated rings. The number of rotatable bonds is 7. The number of hydrogen-bond acceptors (Lipinski definition) is 3. The Morgan fingerprint density at radius 2 is 2.17 bits per heavy atom. The molecule has 0 amide bonds. The van der Waals surface area contributed by atoms with Gasteiger partial charge in [-0.25, -0.2) is 4.39 Å². The Labute approximate surface area is 109 Å². The van der Waals surface area contributed by atoms with Gasteiger partial charge in [-0.1, -0.05) is 6.07 Å². The summed E-state index contributed by atoms with van der Waals surface area (Å²) in [5, 5.41) is 3.09. The van der Waals surface area contributed by atoms with Crippen molar-refractivity contribution in [2.24, 2.45) is 0 Å². The number of nitrogens with one attached hydrogen (secondary N) is 1. The van der Waals surface area contributed by atoms with Crippen molar-refractivity contribution in [2.45, 2.75) is 19.9 Å². The molecule has 0 spiro atoms. The van der Waals surface area contributed by atoms with Gasteiger partial charge in [0.15, 0.2) is 0 Å². The zero-order valence-electron chi connectivity index (χ0n) is 11.7. The van der Waals surface area contributed by atoms with Gasteiger partial charge in [-0.05, 0) is 33.0 Å². The Morgan fingerprint density at radius 3 is 2.78 bits per heavy atom. The second kappa shape index (κ2) is 7.34. The predicted octanol–water partition coefficient (Wildman–Crippen LogP) is 2.58. The molecule has 0 saturated heterocycles. The Hall–Kier alpha value is -1.13. The zero-order valence-corrected chi connectivity index (χ0v) is 11.7. The van der Waals surface area contributed by atoms with Crippen LogP contribution in [-0.2, 0) is 4.74 Å². The fraction of sp³-hybridized carbons (Fsp3) is 0.571. The standard InChI is InChI=1S/C14H23FN2O/c1-5-18-10-9-17(4)13-8-6-7-12(15)14(13)11(2)16-3/h6-8,11,16H,5,9-10H2,1-4H3. The van der Waals surface area contributed by atoms with E-state index in [0.29, 0.717) is 18.8 Å². The van der Waals surface area contributed by atoms with Gasteiger partial charge in [0.2, 0.25) is 0 Å². The maximum Gasteiger partial charge on any atom is 0.130 e. The van der Waals surface area contributed by atoms with Crippen LogP contribution in [0, 0.1) is 5.82 Å². The predicted molar refractivity (Wildman–Crippen MR) is 73.6 cm³/mol. The maximum atomic E-state index is 13.9. The number of anilines is 1. The zero-order chi connectivity index (χ0) is 13.5. The molecule has 1 atom stereocenters. The first-order valence-electron chi connectivity index (χ1n) is 6.36. The molecule has 0 aliphatic rings. The summed E-state index contributed by atoms with van der Waals surface area (Å²) in [5.41, 5.74) is 1.62. The number of halogens is 1. The van der Waals surface area contributed by atoms with E-state index >= 15 is 0 Å². The Kier molecular flexibility index (Phi) is 6.09. The lowest BCUT2D eigenvalue weighted by atomic mass is 10.0. The van der Waals surface area contributed by atoms with Crippen molar-refractivity contribution >= 4 is 5.69 Å². The molecule has 1 N–H and O–H groups in total. The van der Waals surface area contributed by atoms with Crippen molar-refractivity contribution in [3.05, 3.63) is 29.6 Å². The maximum absolute atomic E-state index is 13.9. The summed E-state index contributed by atoms with van der Waals surface area (Å²) in [6.45, 7) is 6.03. The molecule has 0 heterocycles. The third kappa shape index (κ3) is 3.68. The van der Waals surface area contributed by atoms with E-state index < -0.39 is 0 Å². The van der Waals surface area contributed by atoms with E-state index in [1.807, 2.05) is 38.9 Å². The molecule has 18 heavy (non-hydrogen) atoms. The largest absolute Gasteiger partial charge is 0.380 e. The van der Waals surface area contributed by atoms with Crippen molar-refractivity contribution in [1.82, 2.24) is 5.32 Å². The van der Waals surface area contributed by atoms with Crippen LogP contribution in [0.3, 0.4) is 0 Å². The Balaban J connectivity index is 2.89. The summed E-state index contributed by atoms with van der Waals surface area (Å²) in [4.78, 5) is 2.03. The molecule has 4 heteroatoms. The van der Waals surface area contributed by atoms with Gasteiger partial charge in [-0.3, -0.25) is 0 Å². The quantitative estimate of drug-likeness (QED) is 0.757. The van der Waals surface area contributed by atoms with E-state index in [2.05, 4.69) is 5.32 Å². The van der Waals surface area contributed by atoms with Gasteiger partial charge >= 0.3 is 0 Å². The number of benzene rings is 1. The molecule has 0 saturated carbocycles. The van der Waals surface area contributed by atoms with Crippen LogP contribution < -0.4 is 10.2 Å². The van der Waals surface area contributed by atoms with Crippen molar-refractivity contribution in [2.75, 3.05) is 38.8 Å². The highest BCUT2D eigenvalue weighted by Crippen LogP contribution is 2.27. The van der Waals surface area contributed by atoms with Gasteiger partial charge in [-0.15, -0.1) is 0 Å². The van der Waals surface area contributed by atoms with E-state index in [1.165, 1.54) is 6.07 Å². The second-order valence-electron chi connectivity index (χ2n) is 4.30. The minimum absolute atomic E-state index is 0.0178. The van der Waals surface area contributed by atoms with Crippen molar-refractivity contribution in [1.29, 1.82) is 0 Å². The highest BCUT2D eigenvalue weighted by Gasteiger charge is 2.16. The molecule has 102 valence electrons. The summed E-state index contributed by atoms with van der Waals surface area (Å²) in [6.07, 6.45) is 0. The molecule has 0 aliphatic carbocycles. The summed E-state index contributed by atoms with van der Waals surface area (Å²) in [5.74, 6) is -0.169. The lowest BCUT2D eigenvalue weighted by Gasteiger charge is -2.25. The van der Waals surface area contributed by atoms with Crippen LogP contribution in [0.4, 0.5) is 10.1 Å². The first-order valence-corrected chi connectivity index (χ1v) is 6.36. The number of likely N-dealkylation sites (N-methyl/N-ethyl adjacent to an activating group) is 1. The first kappa shape index (κ1) is 14.9. The molecule has 3 nitrogen and oxygen atoms in total. The minimum Gasteiger partial charge on any atom is -0.380 e. The SMILES string of the molecule is CCOCCN(C)c1cccc(F)c1C(C)NC. The minimum atomic E-state index is -0.169. The van der Waals surface area contributed by atoms with Crippen LogP contribution >= 0.6 is 0 Å². The summed E-state index contributed by atoms with van der Waals surface area (Å²) in [7, 11) is 3.79. The summed E-state index contributed by atoms with van der Waals surface area (Å²) in [6, 6.07) is 5.17. The van der Waals surface area contributed by atoms with Crippen molar-refractivity contribution in [3.63, 3.8) is 0 Å². The number of hydrogen-bond donors (Lipinski definition) is 1. The van der Waals surface area contributed by atoms with Crippen LogP contribution in [0.2, 0.25) is 0 Å². The first-order chi connectivity index (χ1) is 8.61. The molecule has 1 rings (SSSR count). The van der Waals surface area contributed by atoms with Crippen LogP contribution in [0.15, 0.2) is 18.2 Å². The topological polar surface area (TPSA) is 24.5 Å². The summed E-state index contributed by atoms with van der Waals surface area (Å²) < 4.78 is 19.3. The monoisotopic (exact) mass is 254 g/mol. The fourth-order valence-electron chi connectivity index (χ4n) is 1.90. The van der Waals surface area contributed by atoms with Gasteiger partial charge in [-0.2, -0.15) is 0 Å². The molecule has 1 aromatic carbocycles. The van der Waals surface area contributed by atoms with E-state index in [1.54, 1.807) is 6.07 Å². The van der Waals surface area contributed by atoms with E-state index in [4.69, 9.17) is 4.74 Å². The van der Waals surface area contributed by atoms with E-state index in [9.17, 15) is 4.39 Å². The van der Waals surface area contributed by atoms with E-state index in [0.717, 1.165) is 12.2 Å². The van der Waals surface area contributed by atoms with Crippen LogP contribution in [0.25, 0.3) is 0 Å². The summed E-state index contributed by atoms with van der Waals surface area (Å²) >= 11 is 0. The van der Waals surface area contributed by atoms with Crippen LogP contribution in [0.1, 0.15) is 25.5 Å². The highest BCUT2D eigenvalue weighted by molar-refractivity contribution is 5.55. The van der Waals surface area contributed by atoms with Gasteiger partial charge in [0.25, 0.3) is 0 Å². The number of ether oxygens (including phenoxy) is 1. The van der Waals surface area contributed by atoms with Crippen molar-refractivity contribution < 1.29 is 9.13 Å². The number of nitrogens with zero attached hydrogens (tertiary/aromatic N) is 1. The third-order valence-corrected chi connectivity index (χ3v) is 3.08. The van der Waals surface area contributed by atoms with Crippen LogP contribution in [-0.4, -0.2) is 33.9 Å². The third-order valence-electron chi connectivity index (χ3n) is 3.08. The van der Waals surface area contributed by atoms with Gasteiger partial charge < -0.3 is 15.0 Å². The molecule has 0 bridgehead atoms. The Morgan fingerprint density at radius 1 is 1.44 bits per heavy atom. The Bertz CT molecular complexity index is 371. The molecule has 1 unspecified atom stereocenters. The average molecular weight is 254 g/mol. The highest BCUT2D eigenvalue weighted by atomic mass is 19.1.